The predicted octanol–water partition coefficient (Wildman–Crippen LogP) is 2.46. The first-order chi connectivity index (χ1) is 10.6. The summed E-state index contributed by atoms with van der Waals surface area (Å²) in [6, 6.07) is 1.34. The van der Waals surface area contributed by atoms with Gasteiger partial charge < -0.3 is 15.4 Å². The molecule has 0 aliphatic heterocycles. The molecule has 0 amide bonds. The molecule has 2 rings (SSSR count). The van der Waals surface area contributed by atoms with Crippen molar-refractivity contribution in [3.05, 3.63) is 0 Å². The van der Waals surface area contributed by atoms with Crippen molar-refractivity contribution in [1.82, 2.24) is 15.5 Å². The SMILES string of the molecule is CN=C(NCC(C)N(C)C1CC1)NCC1(CCOC)CCC1.I. The maximum atomic E-state index is 5.26. The van der Waals surface area contributed by atoms with Gasteiger partial charge in [0.25, 0.3) is 0 Å². The normalized spacial score (nSPS) is 21.3. The minimum absolute atomic E-state index is 0. The van der Waals surface area contributed by atoms with Crippen molar-refractivity contribution in [1.29, 1.82) is 0 Å². The molecule has 136 valence electrons. The Labute approximate surface area is 159 Å². The Hall–Kier alpha value is -0.0800. The van der Waals surface area contributed by atoms with E-state index in [0.717, 1.165) is 38.1 Å². The molecule has 0 saturated heterocycles. The summed E-state index contributed by atoms with van der Waals surface area (Å²) in [5, 5.41) is 7.00. The molecule has 0 heterocycles. The van der Waals surface area contributed by atoms with Crippen LogP contribution in [0.4, 0.5) is 0 Å². The number of hydrogen-bond donors (Lipinski definition) is 2. The lowest BCUT2D eigenvalue weighted by atomic mass is 9.67. The maximum Gasteiger partial charge on any atom is 0.191 e. The molecule has 2 aliphatic rings. The fraction of sp³-hybridized carbons (Fsp3) is 0.941. The van der Waals surface area contributed by atoms with Crippen LogP contribution in [-0.4, -0.2) is 63.8 Å². The Morgan fingerprint density at radius 3 is 2.52 bits per heavy atom. The quantitative estimate of drug-likeness (QED) is 0.330. The highest BCUT2D eigenvalue weighted by Gasteiger charge is 2.36. The molecule has 1 unspecified atom stereocenters. The number of methoxy groups -OCH3 is 1. The van der Waals surface area contributed by atoms with Crippen molar-refractivity contribution in [3.8, 4) is 0 Å². The zero-order valence-corrected chi connectivity index (χ0v) is 17.6. The van der Waals surface area contributed by atoms with Crippen LogP contribution in [0.5, 0.6) is 0 Å². The minimum Gasteiger partial charge on any atom is -0.385 e. The molecule has 0 aromatic carbocycles. The van der Waals surface area contributed by atoms with E-state index in [4.69, 9.17) is 4.74 Å². The first-order valence-electron chi connectivity index (χ1n) is 8.75. The summed E-state index contributed by atoms with van der Waals surface area (Å²) in [6.07, 6.45) is 7.82. The Kier molecular flexibility index (Phi) is 9.15. The van der Waals surface area contributed by atoms with Gasteiger partial charge in [-0.05, 0) is 51.5 Å². The van der Waals surface area contributed by atoms with Crippen molar-refractivity contribution < 1.29 is 4.74 Å². The lowest BCUT2D eigenvalue weighted by Crippen LogP contribution is -2.49. The second-order valence-electron chi connectivity index (χ2n) is 7.15. The number of nitrogens with zero attached hydrogens (tertiary/aromatic N) is 2. The summed E-state index contributed by atoms with van der Waals surface area (Å²) in [4.78, 5) is 6.84. The van der Waals surface area contributed by atoms with Crippen molar-refractivity contribution >= 4 is 29.9 Å². The highest BCUT2D eigenvalue weighted by molar-refractivity contribution is 14.0. The molecule has 2 saturated carbocycles. The maximum absolute atomic E-state index is 5.26. The largest absolute Gasteiger partial charge is 0.385 e. The molecular formula is C17H35IN4O. The summed E-state index contributed by atoms with van der Waals surface area (Å²) in [5.41, 5.74) is 0.421. The first-order valence-corrected chi connectivity index (χ1v) is 8.75. The average Bonchev–Trinajstić information content (AvgIpc) is 3.32. The summed E-state index contributed by atoms with van der Waals surface area (Å²) in [6.45, 7) is 5.09. The number of halogens is 1. The number of rotatable bonds is 9. The van der Waals surface area contributed by atoms with Crippen LogP contribution in [0.25, 0.3) is 0 Å². The predicted molar refractivity (Wildman–Crippen MR) is 108 cm³/mol. The monoisotopic (exact) mass is 438 g/mol. The van der Waals surface area contributed by atoms with Crippen LogP contribution in [0.3, 0.4) is 0 Å². The number of aliphatic imine (C=N–C) groups is 1. The van der Waals surface area contributed by atoms with E-state index in [-0.39, 0.29) is 24.0 Å². The summed E-state index contributed by atoms with van der Waals surface area (Å²) < 4.78 is 5.26. The zero-order chi connectivity index (χ0) is 16.0. The second-order valence-corrected chi connectivity index (χ2v) is 7.15. The van der Waals surface area contributed by atoms with Gasteiger partial charge in [0.05, 0.1) is 0 Å². The molecule has 0 radical (unpaired) electrons. The zero-order valence-electron chi connectivity index (χ0n) is 15.2. The molecular weight excluding hydrogens is 403 g/mol. The Balaban J connectivity index is 0.00000264. The van der Waals surface area contributed by atoms with E-state index in [0.29, 0.717) is 11.5 Å². The van der Waals surface area contributed by atoms with Gasteiger partial charge in [-0.15, -0.1) is 24.0 Å². The average molecular weight is 438 g/mol. The summed E-state index contributed by atoms with van der Waals surface area (Å²) >= 11 is 0. The van der Waals surface area contributed by atoms with Gasteiger partial charge in [-0.1, -0.05) is 6.42 Å². The van der Waals surface area contributed by atoms with E-state index in [9.17, 15) is 0 Å². The summed E-state index contributed by atoms with van der Waals surface area (Å²) in [7, 11) is 5.87. The molecule has 0 spiro atoms. The fourth-order valence-electron chi connectivity index (χ4n) is 3.23. The van der Waals surface area contributed by atoms with Gasteiger partial charge in [-0.2, -0.15) is 0 Å². The second kappa shape index (κ2) is 10.0. The van der Waals surface area contributed by atoms with Gasteiger partial charge in [-0.3, -0.25) is 9.89 Å². The molecule has 6 heteroatoms. The molecule has 2 N–H and O–H groups in total. The molecule has 0 aromatic heterocycles. The van der Waals surface area contributed by atoms with Crippen LogP contribution in [0.15, 0.2) is 4.99 Å². The van der Waals surface area contributed by atoms with Gasteiger partial charge in [-0.25, -0.2) is 0 Å². The van der Waals surface area contributed by atoms with Gasteiger partial charge in [0.15, 0.2) is 5.96 Å². The topological polar surface area (TPSA) is 48.9 Å². The van der Waals surface area contributed by atoms with E-state index in [1.54, 1.807) is 7.11 Å². The summed E-state index contributed by atoms with van der Waals surface area (Å²) in [5.74, 6) is 0.930. The van der Waals surface area contributed by atoms with Crippen LogP contribution in [0.2, 0.25) is 0 Å². The van der Waals surface area contributed by atoms with Crippen LogP contribution in [0, 0.1) is 5.41 Å². The fourth-order valence-corrected chi connectivity index (χ4v) is 3.23. The van der Waals surface area contributed by atoms with Gasteiger partial charge in [0.1, 0.15) is 0 Å². The number of likely N-dealkylation sites (N-methyl/N-ethyl adjacent to an activating group) is 1. The van der Waals surface area contributed by atoms with E-state index in [1.165, 1.54) is 32.1 Å². The van der Waals surface area contributed by atoms with Gasteiger partial charge in [0, 0.05) is 45.9 Å². The Morgan fingerprint density at radius 2 is 2.04 bits per heavy atom. The van der Waals surface area contributed by atoms with Crippen LogP contribution >= 0.6 is 24.0 Å². The smallest absolute Gasteiger partial charge is 0.191 e. The lowest BCUT2D eigenvalue weighted by molar-refractivity contribution is 0.0732. The minimum atomic E-state index is 0. The van der Waals surface area contributed by atoms with Crippen LogP contribution in [-0.2, 0) is 4.74 Å². The number of guanidine groups is 1. The molecule has 23 heavy (non-hydrogen) atoms. The van der Waals surface area contributed by atoms with Crippen molar-refractivity contribution in [2.45, 2.75) is 57.5 Å². The third-order valence-corrected chi connectivity index (χ3v) is 5.49. The number of nitrogens with one attached hydrogen (secondary N) is 2. The highest BCUT2D eigenvalue weighted by atomic mass is 127. The third-order valence-electron chi connectivity index (χ3n) is 5.49. The van der Waals surface area contributed by atoms with E-state index >= 15 is 0 Å². The molecule has 2 aliphatic carbocycles. The van der Waals surface area contributed by atoms with Gasteiger partial charge >= 0.3 is 0 Å². The highest BCUT2D eigenvalue weighted by Crippen LogP contribution is 2.43. The van der Waals surface area contributed by atoms with Crippen molar-refractivity contribution in [3.63, 3.8) is 0 Å². The van der Waals surface area contributed by atoms with Crippen LogP contribution in [0.1, 0.15) is 45.4 Å². The van der Waals surface area contributed by atoms with Crippen LogP contribution < -0.4 is 10.6 Å². The van der Waals surface area contributed by atoms with E-state index in [1.807, 2.05) is 7.05 Å². The van der Waals surface area contributed by atoms with E-state index < -0.39 is 0 Å². The Bertz CT molecular complexity index is 370. The number of hydrogen-bond acceptors (Lipinski definition) is 3. The molecule has 2 fully saturated rings. The number of ether oxygens (including phenoxy) is 1. The first kappa shape index (κ1) is 21.0. The van der Waals surface area contributed by atoms with E-state index in [2.05, 4.69) is 34.5 Å². The van der Waals surface area contributed by atoms with Crippen molar-refractivity contribution in [2.24, 2.45) is 10.4 Å². The molecule has 0 aromatic rings. The van der Waals surface area contributed by atoms with Gasteiger partial charge in [0.2, 0.25) is 0 Å². The Morgan fingerprint density at radius 1 is 1.35 bits per heavy atom. The molecule has 1 atom stereocenters. The third kappa shape index (κ3) is 6.38. The van der Waals surface area contributed by atoms with Crippen molar-refractivity contribution in [2.75, 3.05) is 40.9 Å². The standard InChI is InChI=1S/C17H34N4O.HI/c1-14(21(3)15-6-7-15)12-19-16(18-2)20-13-17(8-5-9-17)10-11-22-4;/h14-15H,5-13H2,1-4H3,(H2,18,19,20);1H. The molecule has 5 nitrogen and oxygen atoms in total. The lowest BCUT2D eigenvalue weighted by Gasteiger charge is -2.42. The molecule has 0 bridgehead atoms.